The van der Waals surface area contributed by atoms with Crippen LogP contribution in [0.1, 0.15) is 0 Å². The van der Waals surface area contributed by atoms with E-state index >= 15 is 0 Å². The lowest BCUT2D eigenvalue weighted by atomic mass is 10.1. The minimum atomic E-state index is -4.20. The number of rotatable bonds is 5. The van der Waals surface area contributed by atoms with Crippen LogP contribution in [0.25, 0.3) is 0 Å². The molecule has 5 unspecified atom stereocenters. The number of aliphatic hydroxyl groups is 4. The Morgan fingerprint density at radius 1 is 1.19 bits per heavy atom. The van der Waals surface area contributed by atoms with Gasteiger partial charge >= 0.3 is 0 Å². The number of hydrogen-bond donors (Lipinski definition) is 4. The molecule has 1 aromatic rings. The van der Waals surface area contributed by atoms with Gasteiger partial charge in [-0.25, -0.2) is 4.18 Å². The van der Waals surface area contributed by atoms with E-state index < -0.39 is 47.4 Å². The molecule has 0 spiro atoms. The van der Waals surface area contributed by atoms with Crippen molar-refractivity contribution in [3.8, 4) is 0 Å². The Morgan fingerprint density at radius 2 is 1.81 bits per heavy atom. The van der Waals surface area contributed by atoms with Crippen LogP contribution in [0.4, 0.5) is 0 Å². The van der Waals surface area contributed by atoms with E-state index in [1.165, 1.54) is 24.3 Å². The normalized spacial score (nSPS) is 31.2. The van der Waals surface area contributed by atoms with Gasteiger partial charge in [-0.2, -0.15) is 8.42 Å². The summed E-state index contributed by atoms with van der Waals surface area (Å²) < 4.78 is 33.7. The molecule has 1 aliphatic heterocycles. The Labute approximate surface area is 121 Å². The lowest BCUT2D eigenvalue weighted by Crippen LogP contribution is -2.40. The fourth-order valence-corrected chi connectivity index (χ4v) is 2.95. The molecule has 1 fully saturated rings. The van der Waals surface area contributed by atoms with Crippen LogP contribution in [0, 0.1) is 0 Å². The molecule has 2 rings (SSSR count). The summed E-state index contributed by atoms with van der Waals surface area (Å²) in [6, 6.07) is 7.21. The van der Waals surface area contributed by atoms with Gasteiger partial charge in [0.1, 0.15) is 24.4 Å². The molecule has 0 aliphatic carbocycles. The van der Waals surface area contributed by atoms with Crippen molar-refractivity contribution >= 4 is 10.1 Å². The Morgan fingerprint density at radius 3 is 2.38 bits per heavy atom. The number of aliphatic hydroxyl groups excluding tert-OH is 4. The SMILES string of the molecule is O=S(=O)(OC1OC(C(O)CO)C(O)C1O)c1ccccc1. The van der Waals surface area contributed by atoms with Crippen LogP contribution in [0.3, 0.4) is 0 Å². The Kier molecular flexibility index (Phi) is 4.94. The van der Waals surface area contributed by atoms with Gasteiger partial charge in [-0.05, 0) is 12.1 Å². The third-order valence-electron chi connectivity index (χ3n) is 3.08. The van der Waals surface area contributed by atoms with E-state index in [1.54, 1.807) is 6.07 Å². The van der Waals surface area contributed by atoms with E-state index in [0.717, 1.165) is 0 Å². The van der Waals surface area contributed by atoms with Crippen LogP contribution < -0.4 is 0 Å². The van der Waals surface area contributed by atoms with Gasteiger partial charge in [0.2, 0.25) is 6.29 Å². The Bertz CT molecular complexity index is 560. The highest BCUT2D eigenvalue weighted by Gasteiger charge is 2.48. The second-order valence-corrected chi connectivity index (χ2v) is 6.14. The van der Waals surface area contributed by atoms with E-state index in [-0.39, 0.29) is 4.90 Å². The fourth-order valence-electron chi connectivity index (χ4n) is 1.94. The van der Waals surface area contributed by atoms with Gasteiger partial charge in [-0.15, -0.1) is 0 Å². The van der Waals surface area contributed by atoms with E-state index in [2.05, 4.69) is 0 Å². The van der Waals surface area contributed by atoms with Crippen LogP contribution in [-0.2, 0) is 19.0 Å². The molecule has 0 bridgehead atoms. The zero-order valence-electron chi connectivity index (χ0n) is 10.8. The van der Waals surface area contributed by atoms with Gasteiger partial charge in [0, 0.05) is 0 Å². The van der Waals surface area contributed by atoms with Gasteiger partial charge in [0.25, 0.3) is 10.1 Å². The number of hydrogen-bond acceptors (Lipinski definition) is 8. The van der Waals surface area contributed by atoms with Crippen LogP contribution in [-0.4, -0.2) is 66.2 Å². The second kappa shape index (κ2) is 6.36. The van der Waals surface area contributed by atoms with E-state index in [4.69, 9.17) is 14.0 Å². The van der Waals surface area contributed by atoms with E-state index in [1.807, 2.05) is 0 Å². The molecule has 0 radical (unpaired) electrons. The summed E-state index contributed by atoms with van der Waals surface area (Å²) in [5, 5.41) is 37.6. The zero-order valence-corrected chi connectivity index (χ0v) is 11.6. The first-order valence-corrected chi connectivity index (χ1v) is 7.56. The first-order valence-electron chi connectivity index (χ1n) is 6.15. The minimum Gasteiger partial charge on any atom is -0.394 e. The second-order valence-electron chi connectivity index (χ2n) is 4.56. The van der Waals surface area contributed by atoms with Crippen molar-refractivity contribution in [2.75, 3.05) is 6.61 Å². The monoisotopic (exact) mass is 320 g/mol. The molecular formula is C12H16O8S. The van der Waals surface area contributed by atoms with Crippen molar-refractivity contribution in [1.29, 1.82) is 0 Å². The maximum atomic E-state index is 12.0. The Balaban J connectivity index is 2.13. The van der Waals surface area contributed by atoms with Crippen molar-refractivity contribution in [2.24, 2.45) is 0 Å². The highest BCUT2D eigenvalue weighted by molar-refractivity contribution is 7.86. The number of ether oxygens (including phenoxy) is 1. The largest absolute Gasteiger partial charge is 0.394 e. The van der Waals surface area contributed by atoms with Crippen molar-refractivity contribution in [2.45, 2.75) is 35.6 Å². The van der Waals surface area contributed by atoms with Gasteiger partial charge in [0.05, 0.1) is 11.5 Å². The molecule has 0 aromatic heterocycles. The molecule has 1 saturated heterocycles. The topological polar surface area (TPSA) is 134 Å². The molecule has 1 aromatic carbocycles. The molecule has 1 aliphatic rings. The van der Waals surface area contributed by atoms with Crippen LogP contribution in [0.15, 0.2) is 35.2 Å². The lowest BCUT2D eigenvalue weighted by Gasteiger charge is -2.18. The van der Waals surface area contributed by atoms with Gasteiger partial charge in [-0.1, -0.05) is 18.2 Å². The fraction of sp³-hybridized carbons (Fsp3) is 0.500. The average molecular weight is 320 g/mol. The van der Waals surface area contributed by atoms with Crippen molar-refractivity contribution < 1.29 is 37.8 Å². The molecule has 0 amide bonds. The van der Waals surface area contributed by atoms with Crippen LogP contribution in [0.2, 0.25) is 0 Å². The summed E-state index contributed by atoms with van der Waals surface area (Å²) >= 11 is 0. The van der Waals surface area contributed by atoms with Gasteiger partial charge in [-0.3, -0.25) is 0 Å². The summed E-state index contributed by atoms with van der Waals surface area (Å²) in [4.78, 5) is -0.138. The Hall–Kier alpha value is -1.07. The predicted octanol–water partition coefficient (Wildman–Crippen LogP) is -1.81. The van der Waals surface area contributed by atoms with Crippen molar-refractivity contribution in [3.05, 3.63) is 30.3 Å². The zero-order chi connectivity index (χ0) is 15.6. The molecular weight excluding hydrogens is 304 g/mol. The van der Waals surface area contributed by atoms with Crippen LogP contribution >= 0.6 is 0 Å². The summed E-state index contributed by atoms with van der Waals surface area (Å²) in [5.74, 6) is 0. The third kappa shape index (κ3) is 3.40. The highest BCUT2D eigenvalue weighted by atomic mass is 32.2. The molecule has 21 heavy (non-hydrogen) atoms. The molecule has 9 heteroatoms. The standard InChI is InChI=1S/C12H16O8S/c13-6-8(14)11-9(15)10(16)12(19-11)20-21(17,18)7-4-2-1-3-5-7/h1-5,8-16H,6H2. The summed E-state index contributed by atoms with van der Waals surface area (Å²) in [6.07, 6.45) is -7.74. The third-order valence-corrected chi connectivity index (χ3v) is 4.37. The number of benzene rings is 1. The van der Waals surface area contributed by atoms with Crippen LogP contribution in [0.5, 0.6) is 0 Å². The predicted molar refractivity (Wildman–Crippen MR) is 68.5 cm³/mol. The maximum absolute atomic E-state index is 12.0. The maximum Gasteiger partial charge on any atom is 0.299 e. The van der Waals surface area contributed by atoms with Gasteiger partial charge < -0.3 is 25.2 Å². The summed E-state index contributed by atoms with van der Waals surface area (Å²) in [7, 11) is -4.20. The smallest absolute Gasteiger partial charge is 0.299 e. The van der Waals surface area contributed by atoms with Crippen molar-refractivity contribution in [3.63, 3.8) is 0 Å². The quantitative estimate of drug-likeness (QED) is 0.467. The summed E-state index contributed by atoms with van der Waals surface area (Å²) in [5.41, 5.74) is 0. The van der Waals surface area contributed by atoms with E-state index in [9.17, 15) is 23.7 Å². The first-order chi connectivity index (χ1) is 9.86. The minimum absolute atomic E-state index is 0.138. The molecule has 0 saturated carbocycles. The lowest BCUT2D eigenvalue weighted by molar-refractivity contribution is -0.135. The molecule has 118 valence electrons. The highest BCUT2D eigenvalue weighted by Crippen LogP contribution is 2.27. The first kappa shape index (κ1) is 16.3. The average Bonchev–Trinajstić information content (AvgIpc) is 2.75. The summed E-state index contributed by atoms with van der Waals surface area (Å²) in [6.45, 7) is -0.716. The molecule has 4 N–H and O–H groups in total. The van der Waals surface area contributed by atoms with Gasteiger partial charge in [0.15, 0.2) is 0 Å². The van der Waals surface area contributed by atoms with E-state index in [0.29, 0.717) is 0 Å². The molecule has 1 heterocycles. The van der Waals surface area contributed by atoms with Crippen molar-refractivity contribution in [1.82, 2.24) is 0 Å². The molecule has 8 nitrogen and oxygen atoms in total. The molecule has 5 atom stereocenters.